The van der Waals surface area contributed by atoms with Crippen LogP contribution >= 0.6 is 31.9 Å². The number of hydrogen-bond donors (Lipinski definition) is 1. The highest BCUT2D eigenvalue weighted by atomic mass is 79.9. The van der Waals surface area contributed by atoms with Gasteiger partial charge in [-0.2, -0.15) is 5.11 Å². The van der Waals surface area contributed by atoms with Crippen LogP contribution in [0.3, 0.4) is 0 Å². The van der Waals surface area contributed by atoms with Gasteiger partial charge in [-0.25, -0.2) is 4.79 Å². The predicted molar refractivity (Wildman–Crippen MR) is 78.7 cm³/mol. The second kappa shape index (κ2) is 8.06. The molecule has 0 aromatic heterocycles. The van der Waals surface area contributed by atoms with Crippen LogP contribution in [0.1, 0.15) is 6.92 Å². The second-order valence-electron chi connectivity index (χ2n) is 3.33. The van der Waals surface area contributed by atoms with Crippen molar-refractivity contribution in [1.82, 2.24) is 0 Å². The quantitative estimate of drug-likeness (QED) is 0.268. The minimum absolute atomic E-state index is 0.0977. The number of alkyl halides is 1. The Hall–Kier alpha value is -1.21. The fourth-order valence-electron chi connectivity index (χ4n) is 1.09. The van der Waals surface area contributed by atoms with Crippen molar-refractivity contribution in [1.29, 1.82) is 0 Å². The molecule has 1 rings (SSSR count). The number of azo groups is 1. The number of halogens is 2. The van der Waals surface area contributed by atoms with E-state index in [-0.39, 0.29) is 23.4 Å². The molecule has 0 fully saturated rings. The zero-order valence-electron chi connectivity index (χ0n) is 10.1. The molecule has 5 nitrogen and oxygen atoms in total. The molecule has 0 aliphatic heterocycles. The number of carbonyl (C=O) groups excluding carboxylic acids is 1. The Kier molecular flexibility index (Phi) is 6.72. The Balaban J connectivity index is 2.95. The van der Waals surface area contributed by atoms with E-state index in [2.05, 4.69) is 42.1 Å². The van der Waals surface area contributed by atoms with Crippen LogP contribution in [0.2, 0.25) is 0 Å². The van der Waals surface area contributed by atoms with Gasteiger partial charge in [0.1, 0.15) is 5.76 Å². The molecule has 0 aliphatic rings. The molecule has 0 saturated heterocycles. The molecular weight excluding hydrogens is 380 g/mol. The van der Waals surface area contributed by atoms with E-state index in [1.807, 2.05) is 0 Å². The summed E-state index contributed by atoms with van der Waals surface area (Å²) >= 11 is 6.35. The summed E-state index contributed by atoms with van der Waals surface area (Å²) in [6.07, 6.45) is 0. The van der Waals surface area contributed by atoms with E-state index < -0.39 is 5.97 Å². The summed E-state index contributed by atoms with van der Waals surface area (Å²) in [5, 5.41) is 17.3. The molecule has 0 aliphatic carbocycles. The lowest BCUT2D eigenvalue weighted by Gasteiger charge is -2.03. The second-order valence-corrected chi connectivity index (χ2v) is 4.80. The highest BCUT2D eigenvalue weighted by Gasteiger charge is 2.15. The molecule has 1 aromatic rings. The third-order valence-corrected chi connectivity index (χ3v) is 3.02. The van der Waals surface area contributed by atoms with E-state index in [1.54, 1.807) is 31.2 Å². The van der Waals surface area contributed by atoms with Gasteiger partial charge in [0, 0.05) is 4.47 Å². The molecule has 0 atom stereocenters. The maximum Gasteiger partial charge on any atom is 0.362 e. The van der Waals surface area contributed by atoms with Crippen LogP contribution in [0, 0.1) is 0 Å². The number of aliphatic hydroxyl groups excluding tert-OH is 1. The number of aliphatic hydroxyl groups is 1. The van der Waals surface area contributed by atoms with E-state index in [1.165, 1.54) is 0 Å². The van der Waals surface area contributed by atoms with Crippen LogP contribution in [0.4, 0.5) is 5.69 Å². The number of hydrogen-bond acceptors (Lipinski definition) is 5. The number of benzene rings is 1. The largest absolute Gasteiger partial charge is 0.509 e. The van der Waals surface area contributed by atoms with Crippen LogP contribution in [-0.2, 0) is 9.53 Å². The highest BCUT2D eigenvalue weighted by Crippen LogP contribution is 2.19. The molecule has 102 valence electrons. The van der Waals surface area contributed by atoms with E-state index in [4.69, 9.17) is 4.74 Å². The Morgan fingerprint density at radius 2 is 2.00 bits per heavy atom. The molecule has 0 heterocycles. The van der Waals surface area contributed by atoms with E-state index in [0.29, 0.717) is 5.69 Å². The monoisotopic (exact) mass is 390 g/mol. The minimum atomic E-state index is -0.708. The summed E-state index contributed by atoms with van der Waals surface area (Å²) in [4.78, 5) is 11.6. The zero-order chi connectivity index (χ0) is 14.3. The van der Waals surface area contributed by atoms with Crippen molar-refractivity contribution >= 4 is 43.5 Å². The third-order valence-electron chi connectivity index (χ3n) is 1.96. The minimum Gasteiger partial charge on any atom is -0.509 e. The van der Waals surface area contributed by atoms with Crippen molar-refractivity contribution in [2.45, 2.75) is 6.92 Å². The van der Waals surface area contributed by atoms with E-state index in [0.717, 1.165) is 4.47 Å². The molecule has 1 N–H and O–H groups in total. The van der Waals surface area contributed by atoms with Crippen LogP contribution < -0.4 is 0 Å². The van der Waals surface area contributed by atoms with Gasteiger partial charge in [-0.1, -0.05) is 31.9 Å². The predicted octanol–water partition coefficient (Wildman–Crippen LogP) is 4.26. The van der Waals surface area contributed by atoms with E-state index >= 15 is 0 Å². The average molecular weight is 392 g/mol. The van der Waals surface area contributed by atoms with Crippen LogP contribution in [0.5, 0.6) is 0 Å². The van der Waals surface area contributed by atoms with Gasteiger partial charge in [0.05, 0.1) is 17.6 Å². The van der Waals surface area contributed by atoms with Gasteiger partial charge in [-0.05, 0) is 31.2 Å². The number of allylic oxidation sites excluding steroid dienone is 1. The zero-order valence-corrected chi connectivity index (χ0v) is 13.3. The van der Waals surface area contributed by atoms with Gasteiger partial charge < -0.3 is 9.84 Å². The standard InChI is InChI=1S/C12H12Br2N2O3/c1-2-19-12(18)11(10(17)7-13)16-15-9-5-3-8(14)4-6-9/h3-6,17H,2,7H2,1H3. The first-order chi connectivity index (χ1) is 9.08. The van der Waals surface area contributed by atoms with Crippen LogP contribution in [-0.4, -0.2) is 23.0 Å². The van der Waals surface area contributed by atoms with Crippen molar-refractivity contribution in [2.75, 3.05) is 11.9 Å². The van der Waals surface area contributed by atoms with Gasteiger partial charge in [0.25, 0.3) is 0 Å². The summed E-state index contributed by atoms with van der Waals surface area (Å²) in [5.74, 6) is -0.931. The number of nitrogens with zero attached hydrogens (tertiary/aromatic N) is 2. The molecule has 0 spiro atoms. The SMILES string of the molecule is CCOC(=O)C(N=Nc1ccc(Br)cc1)=C(O)CBr. The summed E-state index contributed by atoms with van der Waals surface area (Å²) in [6.45, 7) is 1.87. The number of rotatable bonds is 5. The van der Waals surface area contributed by atoms with Crippen LogP contribution in [0.15, 0.2) is 50.4 Å². The molecule has 0 unspecified atom stereocenters. The normalized spacial score (nSPS) is 12.4. The van der Waals surface area contributed by atoms with Gasteiger partial charge >= 0.3 is 5.97 Å². The number of ether oxygens (including phenoxy) is 1. The van der Waals surface area contributed by atoms with Crippen LogP contribution in [0.25, 0.3) is 0 Å². The fourth-order valence-corrected chi connectivity index (χ4v) is 1.62. The Morgan fingerprint density at radius 3 is 2.53 bits per heavy atom. The van der Waals surface area contributed by atoms with E-state index in [9.17, 15) is 9.90 Å². The smallest absolute Gasteiger partial charge is 0.362 e. The lowest BCUT2D eigenvalue weighted by Crippen LogP contribution is -2.09. The molecule has 7 heteroatoms. The van der Waals surface area contributed by atoms with Crippen molar-refractivity contribution in [3.63, 3.8) is 0 Å². The molecule has 0 radical (unpaired) electrons. The van der Waals surface area contributed by atoms with Gasteiger partial charge in [0.15, 0.2) is 0 Å². The first-order valence-electron chi connectivity index (χ1n) is 5.41. The van der Waals surface area contributed by atoms with Crippen molar-refractivity contribution in [2.24, 2.45) is 10.2 Å². The van der Waals surface area contributed by atoms with Gasteiger partial charge in [0.2, 0.25) is 5.70 Å². The Morgan fingerprint density at radius 1 is 1.37 bits per heavy atom. The number of esters is 1. The molecule has 19 heavy (non-hydrogen) atoms. The molecule has 0 amide bonds. The summed E-state index contributed by atoms with van der Waals surface area (Å²) < 4.78 is 5.71. The maximum atomic E-state index is 11.6. The van der Waals surface area contributed by atoms with Gasteiger partial charge in [-0.3, -0.25) is 0 Å². The van der Waals surface area contributed by atoms with Crippen molar-refractivity contribution in [3.05, 3.63) is 40.2 Å². The molecular formula is C12H12Br2N2O3. The third kappa shape index (κ3) is 5.12. The summed E-state index contributed by atoms with van der Waals surface area (Å²) in [5.41, 5.74) is 0.356. The Bertz CT molecular complexity index is 498. The summed E-state index contributed by atoms with van der Waals surface area (Å²) in [6, 6.07) is 7.04. The summed E-state index contributed by atoms with van der Waals surface area (Å²) in [7, 11) is 0. The highest BCUT2D eigenvalue weighted by molar-refractivity contribution is 9.10. The number of carbonyl (C=O) groups is 1. The average Bonchev–Trinajstić information content (AvgIpc) is 2.41. The molecule has 0 bridgehead atoms. The Labute approximate surface area is 127 Å². The maximum absolute atomic E-state index is 11.6. The van der Waals surface area contributed by atoms with Crippen molar-refractivity contribution in [3.8, 4) is 0 Å². The first-order valence-corrected chi connectivity index (χ1v) is 7.32. The molecule has 0 saturated carbocycles. The first kappa shape index (κ1) is 15.8. The van der Waals surface area contributed by atoms with Crippen molar-refractivity contribution < 1.29 is 14.6 Å². The fraction of sp³-hybridized carbons (Fsp3) is 0.250. The van der Waals surface area contributed by atoms with Gasteiger partial charge in [-0.15, -0.1) is 5.11 Å². The lowest BCUT2D eigenvalue weighted by molar-refractivity contribution is -0.138. The lowest BCUT2D eigenvalue weighted by atomic mass is 10.3. The molecule has 1 aromatic carbocycles. The topological polar surface area (TPSA) is 71.2 Å².